The quantitative estimate of drug-likeness (QED) is 0.650. The highest BCUT2D eigenvalue weighted by atomic mass is 16.2. The van der Waals surface area contributed by atoms with Gasteiger partial charge in [0.15, 0.2) is 5.82 Å². The minimum Gasteiger partial charge on any atom is -0.383 e. The number of nitrogen functional groups attached to an aromatic ring is 2. The van der Waals surface area contributed by atoms with Gasteiger partial charge in [0.05, 0.1) is 12.4 Å². The second-order valence-electron chi connectivity index (χ2n) is 2.90. The lowest BCUT2D eigenvalue weighted by atomic mass is 10.5. The van der Waals surface area contributed by atoms with Crippen LogP contribution in [-0.4, -0.2) is 30.7 Å². The number of carbonyl (C=O) groups excluding carboxylic acids is 1. The van der Waals surface area contributed by atoms with Crippen LogP contribution in [0.25, 0.3) is 0 Å². The second kappa shape index (κ2) is 3.40. The van der Waals surface area contributed by atoms with Gasteiger partial charge < -0.3 is 11.5 Å². The monoisotopic (exact) mass is 207 g/mol. The molecular weight excluding hydrogens is 198 g/mol. The smallest absolute Gasteiger partial charge is 0.270 e. The number of anilines is 2. The lowest BCUT2D eigenvalue weighted by Crippen LogP contribution is -2.20. The van der Waals surface area contributed by atoms with Crippen LogP contribution in [0.4, 0.5) is 11.6 Å². The van der Waals surface area contributed by atoms with E-state index in [2.05, 4.69) is 15.4 Å². The molecule has 8 nitrogen and oxygen atoms in total. The molecule has 2 heterocycles. The second-order valence-corrected chi connectivity index (χ2v) is 2.90. The molecule has 0 fully saturated rings. The fourth-order valence-electron chi connectivity index (χ4n) is 1.12. The zero-order chi connectivity index (χ0) is 10.8. The fraction of sp³-hybridized carbons (Fsp3) is 0.143. The Labute approximate surface area is 84.5 Å². The van der Waals surface area contributed by atoms with Crippen LogP contribution in [0.5, 0.6) is 0 Å². The maximum absolute atomic E-state index is 11.6. The zero-order valence-electron chi connectivity index (χ0n) is 7.74. The van der Waals surface area contributed by atoms with E-state index in [1.165, 1.54) is 23.1 Å². The average molecular weight is 207 g/mol. The summed E-state index contributed by atoms with van der Waals surface area (Å²) in [7, 11) is 0. The van der Waals surface area contributed by atoms with Crippen LogP contribution in [0.15, 0.2) is 18.5 Å². The van der Waals surface area contributed by atoms with Crippen LogP contribution < -0.4 is 11.5 Å². The molecule has 0 atom stereocenters. The minimum absolute atomic E-state index is 0.00389. The Hall–Kier alpha value is -2.38. The van der Waals surface area contributed by atoms with Gasteiger partial charge in [-0.05, 0) is 0 Å². The number of nitrogens with zero attached hydrogens (tertiary/aromatic N) is 5. The van der Waals surface area contributed by atoms with Crippen LogP contribution in [0.3, 0.4) is 0 Å². The third-order valence-corrected chi connectivity index (χ3v) is 1.76. The molecule has 0 aliphatic rings. The molecule has 4 N–H and O–H groups in total. The first-order valence-corrected chi connectivity index (χ1v) is 4.15. The Morgan fingerprint density at radius 1 is 1.47 bits per heavy atom. The van der Waals surface area contributed by atoms with Gasteiger partial charge in [-0.3, -0.25) is 4.79 Å². The number of carbonyl (C=O) groups is 1. The first kappa shape index (κ1) is 9.19. The van der Waals surface area contributed by atoms with E-state index in [1.807, 2.05) is 0 Å². The van der Waals surface area contributed by atoms with E-state index < -0.39 is 0 Å². The van der Waals surface area contributed by atoms with Crippen LogP contribution >= 0.6 is 0 Å². The topological polar surface area (TPSA) is 118 Å². The molecule has 2 aromatic rings. The Morgan fingerprint density at radius 2 is 2.27 bits per heavy atom. The third kappa shape index (κ3) is 1.77. The summed E-state index contributed by atoms with van der Waals surface area (Å²) < 4.78 is 2.41. The van der Waals surface area contributed by atoms with Gasteiger partial charge in [-0.1, -0.05) is 5.21 Å². The highest BCUT2D eigenvalue weighted by Crippen LogP contribution is 2.01. The van der Waals surface area contributed by atoms with E-state index in [0.717, 1.165) is 4.68 Å². The molecule has 0 bridgehead atoms. The van der Waals surface area contributed by atoms with Crippen molar-refractivity contribution in [3.63, 3.8) is 0 Å². The van der Waals surface area contributed by atoms with Crippen molar-refractivity contribution in [2.45, 2.75) is 6.54 Å². The lowest BCUT2D eigenvalue weighted by Gasteiger charge is -2.01. The van der Waals surface area contributed by atoms with Crippen molar-refractivity contribution in [2.75, 3.05) is 11.5 Å². The molecule has 0 aliphatic carbocycles. The summed E-state index contributed by atoms with van der Waals surface area (Å²) >= 11 is 0. The van der Waals surface area contributed by atoms with Gasteiger partial charge in [0.2, 0.25) is 0 Å². The van der Waals surface area contributed by atoms with Crippen molar-refractivity contribution in [3.05, 3.63) is 18.5 Å². The highest BCUT2D eigenvalue weighted by Gasteiger charge is 2.10. The van der Waals surface area contributed by atoms with Crippen molar-refractivity contribution >= 4 is 17.5 Å². The van der Waals surface area contributed by atoms with Gasteiger partial charge in [-0.25, -0.2) is 4.68 Å². The van der Waals surface area contributed by atoms with Crippen LogP contribution in [0.1, 0.15) is 4.79 Å². The van der Waals surface area contributed by atoms with Gasteiger partial charge >= 0.3 is 0 Å². The molecule has 2 aromatic heterocycles. The van der Waals surface area contributed by atoms with Gasteiger partial charge in [0, 0.05) is 6.07 Å². The molecule has 2 rings (SSSR count). The van der Waals surface area contributed by atoms with Gasteiger partial charge in [-0.15, -0.1) is 5.10 Å². The predicted molar refractivity (Wildman–Crippen MR) is 51.7 cm³/mol. The summed E-state index contributed by atoms with van der Waals surface area (Å²) in [5.41, 5.74) is 10.9. The van der Waals surface area contributed by atoms with E-state index >= 15 is 0 Å². The minimum atomic E-state index is -0.303. The number of hydrogen-bond donors (Lipinski definition) is 2. The maximum Gasteiger partial charge on any atom is 0.270 e. The number of aromatic nitrogens is 5. The highest BCUT2D eigenvalue weighted by molar-refractivity contribution is 5.80. The molecule has 0 aromatic carbocycles. The average Bonchev–Trinajstić information content (AvgIpc) is 2.75. The fourth-order valence-corrected chi connectivity index (χ4v) is 1.12. The zero-order valence-corrected chi connectivity index (χ0v) is 7.74. The van der Waals surface area contributed by atoms with Crippen molar-refractivity contribution in [1.29, 1.82) is 0 Å². The summed E-state index contributed by atoms with van der Waals surface area (Å²) in [5.74, 6) is 0.242. The molecule has 0 unspecified atom stereocenters. The summed E-state index contributed by atoms with van der Waals surface area (Å²) in [6, 6.07) is 1.54. The largest absolute Gasteiger partial charge is 0.383 e. The molecule has 0 saturated heterocycles. The molecule has 8 heteroatoms. The predicted octanol–water partition coefficient (Wildman–Crippen LogP) is -1.02. The van der Waals surface area contributed by atoms with Gasteiger partial charge in [0.25, 0.3) is 5.91 Å². The summed E-state index contributed by atoms with van der Waals surface area (Å²) in [4.78, 5) is 11.6. The normalized spacial score (nSPS) is 10.4. The third-order valence-electron chi connectivity index (χ3n) is 1.76. The molecule has 15 heavy (non-hydrogen) atoms. The summed E-state index contributed by atoms with van der Waals surface area (Å²) in [5, 5.41) is 11.0. The summed E-state index contributed by atoms with van der Waals surface area (Å²) in [6.07, 6.45) is 2.90. The van der Waals surface area contributed by atoms with Crippen molar-refractivity contribution in [3.8, 4) is 0 Å². The number of rotatable bonds is 2. The molecular formula is C7H9N7O. The molecule has 0 spiro atoms. The Balaban J connectivity index is 2.14. The first-order valence-electron chi connectivity index (χ1n) is 4.15. The van der Waals surface area contributed by atoms with E-state index in [9.17, 15) is 4.79 Å². The van der Waals surface area contributed by atoms with Crippen molar-refractivity contribution in [1.82, 2.24) is 24.8 Å². The maximum atomic E-state index is 11.6. The Kier molecular flexibility index (Phi) is 2.08. The van der Waals surface area contributed by atoms with E-state index in [1.54, 1.807) is 0 Å². The molecule has 0 aliphatic heterocycles. The van der Waals surface area contributed by atoms with Crippen LogP contribution in [0, 0.1) is 0 Å². The summed E-state index contributed by atoms with van der Waals surface area (Å²) in [6.45, 7) is -0.00389. The molecule has 0 radical (unpaired) electrons. The number of nitrogens with two attached hydrogens (primary N) is 2. The molecule has 0 saturated carbocycles. The first-order chi connectivity index (χ1) is 7.16. The molecule has 78 valence electrons. The number of hydrogen-bond acceptors (Lipinski definition) is 6. The SMILES string of the molecule is Nc1cn(CC(=O)n2nccc2N)nn1. The van der Waals surface area contributed by atoms with Crippen molar-refractivity contribution in [2.24, 2.45) is 0 Å². The van der Waals surface area contributed by atoms with Gasteiger partial charge in [-0.2, -0.15) is 9.78 Å². The van der Waals surface area contributed by atoms with E-state index in [0.29, 0.717) is 0 Å². The Morgan fingerprint density at radius 3 is 2.80 bits per heavy atom. The standard InChI is InChI=1S/C7H9N7O/c8-5-3-13(12-11-5)4-7(15)14-6(9)1-2-10-14/h1-3H,4,8-9H2. The molecule has 0 amide bonds. The van der Waals surface area contributed by atoms with E-state index in [4.69, 9.17) is 11.5 Å². The van der Waals surface area contributed by atoms with Crippen LogP contribution in [-0.2, 0) is 6.54 Å². The van der Waals surface area contributed by atoms with Crippen molar-refractivity contribution < 1.29 is 4.79 Å². The van der Waals surface area contributed by atoms with E-state index in [-0.39, 0.29) is 24.1 Å². The Bertz CT molecular complexity index is 485. The van der Waals surface area contributed by atoms with Crippen LogP contribution in [0.2, 0.25) is 0 Å². The lowest BCUT2D eigenvalue weighted by molar-refractivity contribution is 0.0873. The van der Waals surface area contributed by atoms with Gasteiger partial charge in [0.1, 0.15) is 12.4 Å².